The van der Waals surface area contributed by atoms with Crippen LogP contribution in [0.5, 0.6) is 0 Å². The van der Waals surface area contributed by atoms with Crippen LogP contribution in [0.3, 0.4) is 0 Å². The summed E-state index contributed by atoms with van der Waals surface area (Å²) >= 11 is 7.80. The largest absolute Gasteiger partial charge is 0.257 e. The molecule has 1 aliphatic rings. The molecule has 2 aromatic carbocycles. The van der Waals surface area contributed by atoms with Gasteiger partial charge in [-0.3, -0.25) is 5.01 Å². The molecule has 0 amide bonds. The minimum absolute atomic E-state index is 0.196. The van der Waals surface area contributed by atoms with Gasteiger partial charge in [0.25, 0.3) is 0 Å². The number of hydrogen-bond donors (Lipinski definition) is 0. The lowest BCUT2D eigenvalue weighted by Crippen LogP contribution is -2.18. The van der Waals surface area contributed by atoms with Crippen LogP contribution in [-0.4, -0.2) is 5.71 Å². The second-order valence-electron chi connectivity index (χ2n) is 5.98. The van der Waals surface area contributed by atoms with Gasteiger partial charge in [0.2, 0.25) is 0 Å². The van der Waals surface area contributed by atoms with Crippen LogP contribution >= 0.6 is 22.9 Å². The molecule has 0 bridgehead atoms. The SMILES string of the molecule is Cc1ccc(N2N=C(c3cccs3)CC2c2ccc(Cl)cc2)cc1. The van der Waals surface area contributed by atoms with Crippen LogP contribution in [-0.2, 0) is 0 Å². The summed E-state index contributed by atoms with van der Waals surface area (Å²) in [5, 5.41) is 9.94. The van der Waals surface area contributed by atoms with Crippen molar-refractivity contribution in [1.29, 1.82) is 0 Å². The predicted molar refractivity (Wildman–Crippen MR) is 103 cm³/mol. The number of aryl methyl sites for hydroxylation is 1. The van der Waals surface area contributed by atoms with Gasteiger partial charge < -0.3 is 0 Å². The number of anilines is 1. The van der Waals surface area contributed by atoms with Gasteiger partial charge in [0.15, 0.2) is 0 Å². The molecule has 0 radical (unpaired) electrons. The number of benzene rings is 2. The maximum absolute atomic E-state index is 6.06. The molecule has 4 heteroatoms. The van der Waals surface area contributed by atoms with E-state index in [1.165, 1.54) is 16.0 Å². The van der Waals surface area contributed by atoms with Crippen molar-refractivity contribution in [2.45, 2.75) is 19.4 Å². The average Bonchev–Trinajstić information content (AvgIpc) is 3.26. The molecular weight excluding hydrogens is 336 g/mol. The molecule has 1 aromatic heterocycles. The van der Waals surface area contributed by atoms with Gasteiger partial charge in [0, 0.05) is 11.4 Å². The third kappa shape index (κ3) is 2.97. The van der Waals surface area contributed by atoms with Crippen molar-refractivity contribution in [2.24, 2.45) is 5.10 Å². The lowest BCUT2D eigenvalue weighted by atomic mass is 10.0. The fourth-order valence-electron chi connectivity index (χ4n) is 2.98. The highest BCUT2D eigenvalue weighted by atomic mass is 35.5. The Morgan fingerprint density at radius 3 is 2.46 bits per heavy atom. The molecule has 1 atom stereocenters. The lowest BCUT2D eigenvalue weighted by molar-refractivity contribution is 0.709. The van der Waals surface area contributed by atoms with Crippen LogP contribution in [0.4, 0.5) is 5.69 Å². The monoisotopic (exact) mass is 352 g/mol. The zero-order valence-electron chi connectivity index (χ0n) is 13.3. The number of nitrogens with zero attached hydrogens (tertiary/aromatic N) is 2. The van der Waals surface area contributed by atoms with E-state index in [9.17, 15) is 0 Å². The molecule has 0 saturated carbocycles. The number of thiophene rings is 1. The Hall–Kier alpha value is -2.10. The summed E-state index contributed by atoms with van der Waals surface area (Å²) in [6.07, 6.45) is 0.899. The molecule has 1 aliphatic heterocycles. The minimum Gasteiger partial charge on any atom is -0.257 e. The maximum atomic E-state index is 6.06. The predicted octanol–water partition coefficient (Wildman–Crippen LogP) is 6.07. The fraction of sp³-hybridized carbons (Fsp3) is 0.150. The second kappa shape index (κ2) is 6.42. The van der Waals surface area contributed by atoms with Crippen LogP contribution in [0.25, 0.3) is 0 Å². The molecule has 0 saturated heterocycles. The number of rotatable bonds is 3. The Morgan fingerprint density at radius 2 is 1.79 bits per heavy atom. The summed E-state index contributed by atoms with van der Waals surface area (Å²) in [6, 6.07) is 21.1. The van der Waals surface area contributed by atoms with Gasteiger partial charge in [-0.25, -0.2) is 0 Å². The van der Waals surface area contributed by atoms with E-state index in [1.54, 1.807) is 11.3 Å². The van der Waals surface area contributed by atoms with Gasteiger partial charge in [-0.2, -0.15) is 5.10 Å². The summed E-state index contributed by atoms with van der Waals surface area (Å²) in [5.74, 6) is 0. The number of halogens is 1. The molecule has 4 rings (SSSR count). The van der Waals surface area contributed by atoms with Gasteiger partial charge in [-0.1, -0.05) is 47.5 Å². The first-order chi connectivity index (χ1) is 11.7. The van der Waals surface area contributed by atoms with E-state index >= 15 is 0 Å². The molecule has 0 N–H and O–H groups in total. The van der Waals surface area contributed by atoms with E-state index in [-0.39, 0.29) is 6.04 Å². The van der Waals surface area contributed by atoms with Crippen LogP contribution in [0.15, 0.2) is 71.1 Å². The molecule has 2 nitrogen and oxygen atoms in total. The van der Waals surface area contributed by atoms with Gasteiger partial charge in [0.1, 0.15) is 0 Å². The van der Waals surface area contributed by atoms with Crippen LogP contribution in [0.1, 0.15) is 28.5 Å². The second-order valence-corrected chi connectivity index (χ2v) is 7.36. The molecular formula is C20H17ClN2S. The summed E-state index contributed by atoms with van der Waals surface area (Å²) in [4.78, 5) is 1.24. The Morgan fingerprint density at radius 1 is 1.04 bits per heavy atom. The van der Waals surface area contributed by atoms with E-state index in [1.807, 2.05) is 12.1 Å². The topological polar surface area (TPSA) is 15.6 Å². The maximum Gasteiger partial charge on any atom is 0.0832 e. The van der Waals surface area contributed by atoms with E-state index in [0.717, 1.165) is 22.8 Å². The molecule has 1 unspecified atom stereocenters. The molecule has 0 fully saturated rings. The third-order valence-corrected chi connectivity index (χ3v) is 5.44. The summed E-state index contributed by atoms with van der Waals surface area (Å²) in [7, 11) is 0. The van der Waals surface area contributed by atoms with Crippen molar-refractivity contribution in [3.8, 4) is 0 Å². The number of hydrogen-bond acceptors (Lipinski definition) is 3. The Labute approximate surface area is 151 Å². The standard InChI is InChI=1S/C20H17ClN2S/c1-14-4-10-17(11-5-14)23-19(15-6-8-16(21)9-7-15)13-18(22-23)20-3-2-12-24-20/h2-12,19H,13H2,1H3. The lowest BCUT2D eigenvalue weighted by Gasteiger charge is -2.24. The quantitative estimate of drug-likeness (QED) is 0.559. The summed E-state index contributed by atoms with van der Waals surface area (Å²) in [6.45, 7) is 2.10. The first-order valence-electron chi connectivity index (χ1n) is 7.93. The highest BCUT2D eigenvalue weighted by Crippen LogP contribution is 2.37. The summed E-state index contributed by atoms with van der Waals surface area (Å²) < 4.78 is 0. The Balaban J connectivity index is 1.74. The van der Waals surface area contributed by atoms with Crippen molar-refractivity contribution in [1.82, 2.24) is 0 Å². The van der Waals surface area contributed by atoms with Gasteiger partial charge in [0.05, 0.1) is 22.3 Å². The molecule has 120 valence electrons. The van der Waals surface area contributed by atoms with Crippen molar-refractivity contribution in [3.05, 3.63) is 87.1 Å². The van der Waals surface area contributed by atoms with Crippen LogP contribution < -0.4 is 5.01 Å². The fourth-order valence-corrected chi connectivity index (χ4v) is 3.83. The minimum atomic E-state index is 0.196. The normalized spacial score (nSPS) is 17.2. The van der Waals surface area contributed by atoms with Crippen LogP contribution in [0, 0.1) is 6.92 Å². The van der Waals surface area contributed by atoms with Crippen molar-refractivity contribution >= 4 is 34.3 Å². The zero-order chi connectivity index (χ0) is 16.5. The van der Waals surface area contributed by atoms with E-state index in [0.29, 0.717) is 0 Å². The zero-order valence-corrected chi connectivity index (χ0v) is 14.9. The first-order valence-corrected chi connectivity index (χ1v) is 9.19. The summed E-state index contributed by atoms with van der Waals surface area (Å²) in [5.41, 5.74) is 4.75. The Kier molecular flexibility index (Phi) is 4.13. The first kappa shape index (κ1) is 15.4. The van der Waals surface area contributed by atoms with Crippen LogP contribution in [0.2, 0.25) is 5.02 Å². The highest BCUT2D eigenvalue weighted by molar-refractivity contribution is 7.12. The van der Waals surface area contributed by atoms with E-state index in [2.05, 4.69) is 65.8 Å². The smallest absolute Gasteiger partial charge is 0.0832 e. The van der Waals surface area contributed by atoms with Gasteiger partial charge >= 0.3 is 0 Å². The molecule has 3 aromatic rings. The average molecular weight is 353 g/mol. The van der Waals surface area contributed by atoms with Crippen molar-refractivity contribution in [2.75, 3.05) is 5.01 Å². The van der Waals surface area contributed by atoms with Gasteiger partial charge in [-0.15, -0.1) is 11.3 Å². The third-order valence-electron chi connectivity index (χ3n) is 4.27. The Bertz CT molecular complexity index is 852. The van der Waals surface area contributed by atoms with Crippen molar-refractivity contribution in [3.63, 3.8) is 0 Å². The highest BCUT2D eigenvalue weighted by Gasteiger charge is 2.30. The van der Waals surface area contributed by atoms with Crippen molar-refractivity contribution < 1.29 is 0 Å². The number of hydrazone groups is 1. The van der Waals surface area contributed by atoms with E-state index in [4.69, 9.17) is 16.7 Å². The molecule has 0 spiro atoms. The molecule has 24 heavy (non-hydrogen) atoms. The molecule has 0 aliphatic carbocycles. The van der Waals surface area contributed by atoms with Gasteiger partial charge in [-0.05, 0) is 48.2 Å². The van der Waals surface area contributed by atoms with E-state index < -0.39 is 0 Å². The molecule has 2 heterocycles.